The molecule has 1 aromatic heterocycles. The fraction of sp³-hybridized carbons (Fsp3) is 0.103. The summed E-state index contributed by atoms with van der Waals surface area (Å²) in [5, 5.41) is 25.1. The van der Waals surface area contributed by atoms with Crippen molar-refractivity contribution in [3.8, 4) is 17.9 Å². The smallest absolute Gasteiger partial charge is 0.319 e. The van der Waals surface area contributed by atoms with E-state index in [1.807, 2.05) is 43.3 Å². The molecule has 8 heteroatoms. The van der Waals surface area contributed by atoms with Crippen molar-refractivity contribution in [2.75, 3.05) is 7.11 Å². The second-order valence-electron chi connectivity index (χ2n) is 8.54. The van der Waals surface area contributed by atoms with Crippen molar-refractivity contribution >= 4 is 28.4 Å². The van der Waals surface area contributed by atoms with Crippen molar-refractivity contribution in [1.82, 2.24) is 10.6 Å². The molecule has 2 amide bonds. The lowest BCUT2D eigenvalue weighted by atomic mass is 9.90. The molecular weight excluding hydrogens is 468 g/mol. The van der Waals surface area contributed by atoms with Crippen molar-refractivity contribution in [3.63, 3.8) is 0 Å². The van der Waals surface area contributed by atoms with E-state index < -0.39 is 12.1 Å². The van der Waals surface area contributed by atoms with Crippen LogP contribution in [-0.2, 0) is 0 Å². The number of nitrogens with one attached hydrogen (secondary N) is 2. The predicted molar refractivity (Wildman–Crippen MR) is 136 cm³/mol. The number of ketones is 1. The minimum absolute atomic E-state index is 0.135. The number of fused-ring (bicyclic) bond motifs is 1. The van der Waals surface area contributed by atoms with E-state index in [1.165, 1.54) is 18.3 Å². The van der Waals surface area contributed by atoms with Gasteiger partial charge >= 0.3 is 6.03 Å². The van der Waals surface area contributed by atoms with Crippen molar-refractivity contribution in [2.24, 2.45) is 0 Å². The van der Waals surface area contributed by atoms with Gasteiger partial charge in [-0.1, -0.05) is 42.0 Å². The van der Waals surface area contributed by atoms with Crippen LogP contribution in [-0.4, -0.2) is 18.9 Å². The summed E-state index contributed by atoms with van der Waals surface area (Å²) in [6.07, 6.45) is 1.51. The van der Waals surface area contributed by atoms with E-state index in [2.05, 4.69) is 10.6 Å². The van der Waals surface area contributed by atoms with Crippen molar-refractivity contribution in [2.45, 2.75) is 13.0 Å². The summed E-state index contributed by atoms with van der Waals surface area (Å²) in [5.74, 6) is 0.572. The van der Waals surface area contributed by atoms with Gasteiger partial charge in [0.25, 0.3) is 0 Å². The second kappa shape index (κ2) is 9.37. The van der Waals surface area contributed by atoms with Gasteiger partial charge in [-0.2, -0.15) is 10.5 Å². The normalized spacial score (nSPS) is 14.6. The number of carbonyl (C=O) groups excluding carboxylic acids is 2. The van der Waals surface area contributed by atoms with Crippen LogP contribution >= 0.6 is 0 Å². The molecule has 0 saturated carbocycles. The van der Waals surface area contributed by atoms with E-state index in [0.717, 1.165) is 11.1 Å². The Morgan fingerprint density at radius 2 is 1.68 bits per heavy atom. The number of amides is 2. The van der Waals surface area contributed by atoms with Gasteiger partial charge < -0.3 is 19.8 Å². The number of hydrogen-bond donors (Lipinski definition) is 2. The van der Waals surface area contributed by atoms with E-state index in [-0.39, 0.29) is 33.8 Å². The largest absolute Gasteiger partial charge is 0.497 e. The molecule has 2 heterocycles. The number of nitriles is 2. The lowest BCUT2D eigenvalue weighted by Gasteiger charge is -2.26. The zero-order valence-corrected chi connectivity index (χ0v) is 20.0. The van der Waals surface area contributed by atoms with Gasteiger partial charge in [0.05, 0.1) is 29.8 Å². The number of urea groups is 1. The van der Waals surface area contributed by atoms with Crippen molar-refractivity contribution in [3.05, 3.63) is 106 Å². The molecule has 4 aromatic rings. The van der Waals surface area contributed by atoms with Gasteiger partial charge in [0.2, 0.25) is 0 Å². The third-order valence-corrected chi connectivity index (χ3v) is 6.27. The van der Waals surface area contributed by atoms with Crippen LogP contribution in [0.3, 0.4) is 0 Å². The highest BCUT2D eigenvalue weighted by Crippen LogP contribution is 2.40. The maximum Gasteiger partial charge on any atom is 0.319 e. The van der Waals surface area contributed by atoms with Crippen LogP contribution in [0.1, 0.15) is 50.0 Å². The van der Waals surface area contributed by atoms with Crippen molar-refractivity contribution < 1.29 is 18.7 Å². The highest BCUT2D eigenvalue weighted by molar-refractivity contribution is 6.19. The molecule has 1 atom stereocenters. The highest BCUT2D eigenvalue weighted by Gasteiger charge is 2.32. The monoisotopic (exact) mass is 488 g/mol. The number of rotatable bonds is 5. The summed E-state index contributed by atoms with van der Waals surface area (Å²) in [5.41, 5.74) is 3.49. The number of methoxy groups -OCH3 is 1. The lowest BCUT2D eigenvalue weighted by molar-refractivity contribution is 0.103. The SMILES string of the molecule is COc1ccc(C2NC(=O)NC=C2c2oc3cc(C#N)c(C#N)cc3c2C(=O)c2ccc(C)cc2)cc1. The molecule has 180 valence electrons. The Hall–Kier alpha value is -5.34. The quantitative estimate of drug-likeness (QED) is 0.375. The van der Waals surface area contributed by atoms with E-state index in [1.54, 1.807) is 31.4 Å². The topological polar surface area (TPSA) is 128 Å². The Kier molecular flexibility index (Phi) is 5.93. The van der Waals surface area contributed by atoms with E-state index in [0.29, 0.717) is 22.3 Å². The first kappa shape index (κ1) is 23.4. The average Bonchev–Trinajstić information content (AvgIpc) is 3.30. The van der Waals surface area contributed by atoms with Crippen LogP contribution < -0.4 is 15.4 Å². The summed E-state index contributed by atoms with van der Waals surface area (Å²) in [4.78, 5) is 26.2. The second-order valence-corrected chi connectivity index (χ2v) is 8.54. The number of aryl methyl sites for hydroxylation is 1. The number of nitrogens with zero attached hydrogens (tertiary/aromatic N) is 2. The van der Waals surface area contributed by atoms with Crippen LogP contribution in [0.25, 0.3) is 16.5 Å². The molecule has 1 aliphatic rings. The minimum atomic E-state index is -0.643. The van der Waals surface area contributed by atoms with Crippen LogP contribution in [0.4, 0.5) is 4.79 Å². The molecule has 3 aromatic carbocycles. The number of ether oxygens (including phenoxy) is 1. The van der Waals surface area contributed by atoms with E-state index >= 15 is 0 Å². The summed E-state index contributed by atoms with van der Waals surface area (Å²) in [6.45, 7) is 1.93. The zero-order chi connectivity index (χ0) is 26.1. The van der Waals surface area contributed by atoms with Gasteiger partial charge in [0, 0.05) is 28.8 Å². The Bertz CT molecular complexity index is 1670. The molecule has 37 heavy (non-hydrogen) atoms. The first-order chi connectivity index (χ1) is 17.9. The summed E-state index contributed by atoms with van der Waals surface area (Å²) in [6, 6.07) is 20.2. The molecule has 2 N–H and O–H groups in total. The molecule has 5 rings (SSSR count). The Labute approximate surface area is 212 Å². The lowest BCUT2D eigenvalue weighted by Crippen LogP contribution is -2.40. The summed E-state index contributed by atoms with van der Waals surface area (Å²) < 4.78 is 11.5. The highest BCUT2D eigenvalue weighted by atomic mass is 16.5. The van der Waals surface area contributed by atoms with Crippen LogP contribution in [0, 0.1) is 29.6 Å². The first-order valence-corrected chi connectivity index (χ1v) is 11.4. The number of furan rings is 1. The van der Waals surface area contributed by atoms with E-state index in [9.17, 15) is 20.1 Å². The van der Waals surface area contributed by atoms with Crippen LogP contribution in [0.15, 0.2) is 71.3 Å². The zero-order valence-electron chi connectivity index (χ0n) is 20.0. The molecule has 8 nitrogen and oxygen atoms in total. The summed E-state index contributed by atoms with van der Waals surface area (Å²) >= 11 is 0. The fourth-order valence-corrected chi connectivity index (χ4v) is 4.34. The Balaban J connectivity index is 1.75. The average molecular weight is 489 g/mol. The molecule has 0 saturated heterocycles. The molecule has 1 unspecified atom stereocenters. The molecular formula is C29H20N4O4. The number of hydrogen-bond acceptors (Lipinski definition) is 6. The molecule has 0 radical (unpaired) electrons. The Morgan fingerprint density at radius 3 is 2.32 bits per heavy atom. The number of carbonyl (C=O) groups is 2. The Morgan fingerprint density at radius 1 is 1.00 bits per heavy atom. The molecule has 0 spiro atoms. The maximum absolute atomic E-state index is 13.9. The molecule has 0 fully saturated rings. The van der Waals surface area contributed by atoms with Gasteiger partial charge in [-0.15, -0.1) is 0 Å². The number of benzene rings is 3. The van der Waals surface area contributed by atoms with Crippen LogP contribution in [0.2, 0.25) is 0 Å². The third-order valence-electron chi connectivity index (χ3n) is 6.27. The molecule has 0 aliphatic carbocycles. The van der Waals surface area contributed by atoms with E-state index in [4.69, 9.17) is 9.15 Å². The fourth-order valence-electron chi connectivity index (χ4n) is 4.34. The standard InChI is InChI=1S/C29H20N4O4/c1-16-3-5-18(6-4-16)27(34)25-22-11-19(13-30)20(14-31)12-24(22)37-28(25)23-15-32-29(35)33-26(23)17-7-9-21(36-2)10-8-17/h3-12,15,26H,1-2H3,(H2,32,33,35). The van der Waals surface area contributed by atoms with Crippen molar-refractivity contribution in [1.29, 1.82) is 10.5 Å². The van der Waals surface area contributed by atoms with Gasteiger partial charge in [-0.25, -0.2) is 4.79 Å². The molecule has 1 aliphatic heterocycles. The van der Waals surface area contributed by atoms with Gasteiger partial charge in [-0.05, 0) is 30.7 Å². The predicted octanol–water partition coefficient (Wildman–Crippen LogP) is 5.12. The summed E-state index contributed by atoms with van der Waals surface area (Å²) in [7, 11) is 1.56. The first-order valence-electron chi connectivity index (χ1n) is 11.4. The van der Waals surface area contributed by atoms with Gasteiger partial charge in [0.1, 0.15) is 29.2 Å². The molecule has 0 bridgehead atoms. The van der Waals surface area contributed by atoms with Crippen LogP contribution in [0.5, 0.6) is 5.75 Å². The third kappa shape index (κ3) is 4.18. The van der Waals surface area contributed by atoms with Gasteiger partial charge in [0.15, 0.2) is 5.78 Å². The minimum Gasteiger partial charge on any atom is -0.497 e. The van der Waals surface area contributed by atoms with Gasteiger partial charge in [-0.3, -0.25) is 4.79 Å². The maximum atomic E-state index is 13.9.